The second-order valence-electron chi connectivity index (χ2n) is 3.14. The summed E-state index contributed by atoms with van der Waals surface area (Å²) in [5.74, 6) is 2.65. The Morgan fingerprint density at radius 1 is 1.47 bits per heavy atom. The number of hydrogen-bond donors (Lipinski definition) is 0. The fourth-order valence-electron chi connectivity index (χ4n) is 0.949. The molecule has 0 fully saturated rings. The Morgan fingerprint density at radius 3 is 2.53 bits per heavy atom. The maximum absolute atomic E-state index is 5.35. The largest absolute Gasteiger partial charge is 0.115 e. The van der Waals surface area contributed by atoms with Gasteiger partial charge in [-0.05, 0) is 30.0 Å². The normalized spacial score (nSPS) is 8.40. The van der Waals surface area contributed by atoms with Crippen LogP contribution < -0.4 is 0 Å². The van der Waals surface area contributed by atoms with Gasteiger partial charge in [0.15, 0.2) is 0 Å². The minimum Gasteiger partial charge on any atom is -0.115 e. The van der Waals surface area contributed by atoms with Crippen molar-refractivity contribution in [2.75, 3.05) is 0 Å². The highest BCUT2D eigenvalue weighted by atomic mass is 32.2. The zero-order valence-corrected chi connectivity index (χ0v) is 10.5. The third-order valence-electron chi connectivity index (χ3n) is 1.50. The van der Waals surface area contributed by atoms with Crippen molar-refractivity contribution in [3.05, 3.63) is 41.3 Å². The molecule has 80 valence electrons. The smallest absolute Gasteiger partial charge is 0.0384 e. The molecular weight excluding hydrogens is 200 g/mol. The van der Waals surface area contributed by atoms with Crippen molar-refractivity contribution in [1.29, 1.82) is 0 Å². The molecule has 0 nitrogen and oxygen atoms in total. The van der Waals surface area contributed by atoms with E-state index in [1.165, 1.54) is 12.0 Å². The van der Waals surface area contributed by atoms with Crippen LogP contribution >= 0.6 is 11.8 Å². The summed E-state index contributed by atoms with van der Waals surface area (Å²) in [5.41, 5.74) is 2.14. The number of benzene rings is 1. The molecule has 15 heavy (non-hydrogen) atoms. The average molecular weight is 218 g/mol. The number of hydrogen-bond acceptors (Lipinski definition) is 1. The Balaban J connectivity index is 0.000000583. The first kappa shape index (κ1) is 13.9. The van der Waals surface area contributed by atoms with E-state index in [2.05, 4.69) is 26.3 Å². The highest BCUT2D eigenvalue weighted by Gasteiger charge is 1.97. The van der Waals surface area contributed by atoms with Gasteiger partial charge in [-0.2, -0.15) is 0 Å². The molecule has 0 bridgehead atoms. The van der Waals surface area contributed by atoms with E-state index in [1.54, 1.807) is 17.2 Å². The lowest BCUT2D eigenvalue weighted by molar-refractivity contribution is 1.09. The first-order valence-corrected chi connectivity index (χ1v) is 5.92. The van der Waals surface area contributed by atoms with Crippen molar-refractivity contribution in [3.63, 3.8) is 0 Å². The summed E-state index contributed by atoms with van der Waals surface area (Å²) in [6.07, 6.45) is 6.60. The van der Waals surface area contributed by atoms with Gasteiger partial charge in [0, 0.05) is 10.5 Å². The third-order valence-corrected chi connectivity index (χ3v) is 2.28. The molecule has 0 spiro atoms. The SMILES string of the molecule is C#Cc1cc(C)ccc1SC=C.CCC. The van der Waals surface area contributed by atoms with Crippen LogP contribution in [-0.4, -0.2) is 0 Å². The molecule has 0 amide bonds. The van der Waals surface area contributed by atoms with E-state index in [0.29, 0.717) is 0 Å². The fourth-order valence-corrected chi connectivity index (χ4v) is 1.52. The Kier molecular flexibility index (Phi) is 7.58. The Bertz CT molecular complexity index is 345. The van der Waals surface area contributed by atoms with Crippen LogP contribution in [0, 0.1) is 19.3 Å². The Morgan fingerprint density at radius 2 is 2.07 bits per heavy atom. The van der Waals surface area contributed by atoms with Gasteiger partial charge >= 0.3 is 0 Å². The van der Waals surface area contributed by atoms with Crippen molar-refractivity contribution in [2.45, 2.75) is 32.1 Å². The van der Waals surface area contributed by atoms with Gasteiger partial charge in [-0.15, -0.1) is 6.42 Å². The monoisotopic (exact) mass is 218 g/mol. The average Bonchev–Trinajstić information content (AvgIpc) is 2.22. The number of aryl methyl sites for hydroxylation is 1. The van der Waals surface area contributed by atoms with E-state index in [-0.39, 0.29) is 0 Å². The molecule has 0 saturated heterocycles. The van der Waals surface area contributed by atoms with Gasteiger partial charge < -0.3 is 0 Å². The van der Waals surface area contributed by atoms with Crippen molar-refractivity contribution >= 4 is 11.8 Å². The van der Waals surface area contributed by atoms with E-state index in [0.717, 1.165) is 10.5 Å². The third kappa shape index (κ3) is 5.34. The molecular formula is C14H18S. The fraction of sp³-hybridized carbons (Fsp3) is 0.286. The predicted octanol–water partition coefficient (Wildman–Crippen LogP) is 4.63. The van der Waals surface area contributed by atoms with Crippen molar-refractivity contribution in [3.8, 4) is 12.3 Å². The van der Waals surface area contributed by atoms with Gasteiger partial charge in [-0.1, -0.05) is 50.6 Å². The van der Waals surface area contributed by atoms with Crippen LogP contribution in [0.4, 0.5) is 0 Å². The van der Waals surface area contributed by atoms with Gasteiger partial charge in [0.25, 0.3) is 0 Å². The van der Waals surface area contributed by atoms with Crippen molar-refractivity contribution < 1.29 is 0 Å². The number of thioether (sulfide) groups is 1. The Hall–Kier alpha value is -1.13. The molecule has 0 aromatic heterocycles. The summed E-state index contributed by atoms with van der Waals surface area (Å²) in [6, 6.07) is 6.08. The second-order valence-corrected chi connectivity index (χ2v) is 4.14. The molecule has 0 aliphatic rings. The molecule has 1 aromatic carbocycles. The summed E-state index contributed by atoms with van der Waals surface area (Å²) >= 11 is 1.56. The minimum atomic E-state index is 0.944. The zero-order chi connectivity index (χ0) is 11.7. The van der Waals surface area contributed by atoms with Gasteiger partial charge in [0.1, 0.15) is 0 Å². The van der Waals surface area contributed by atoms with E-state index in [9.17, 15) is 0 Å². The van der Waals surface area contributed by atoms with E-state index in [1.807, 2.05) is 25.1 Å². The molecule has 0 unspecified atom stereocenters. The molecule has 1 heteroatoms. The first-order valence-electron chi connectivity index (χ1n) is 5.04. The van der Waals surface area contributed by atoms with E-state index < -0.39 is 0 Å². The van der Waals surface area contributed by atoms with Gasteiger partial charge in [-0.25, -0.2) is 0 Å². The molecule has 1 aromatic rings. The van der Waals surface area contributed by atoms with E-state index >= 15 is 0 Å². The first-order chi connectivity index (χ1) is 7.19. The lowest BCUT2D eigenvalue weighted by atomic mass is 10.1. The van der Waals surface area contributed by atoms with Crippen LogP contribution in [0.25, 0.3) is 0 Å². The van der Waals surface area contributed by atoms with Crippen LogP contribution in [-0.2, 0) is 0 Å². The highest BCUT2D eigenvalue weighted by Crippen LogP contribution is 2.23. The zero-order valence-electron chi connectivity index (χ0n) is 9.71. The van der Waals surface area contributed by atoms with Gasteiger partial charge in [-0.3, -0.25) is 0 Å². The molecule has 1 rings (SSSR count). The quantitative estimate of drug-likeness (QED) is 0.515. The lowest BCUT2D eigenvalue weighted by Gasteiger charge is -2.01. The molecule has 0 aliphatic carbocycles. The molecule has 0 radical (unpaired) electrons. The summed E-state index contributed by atoms with van der Waals surface area (Å²) < 4.78 is 0. The van der Waals surface area contributed by atoms with Gasteiger partial charge in [0.2, 0.25) is 0 Å². The van der Waals surface area contributed by atoms with Crippen LogP contribution in [0.15, 0.2) is 35.1 Å². The van der Waals surface area contributed by atoms with Crippen LogP contribution in [0.1, 0.15) is 31.4 Å². The molecule has 0 saturated carbocycles. The molecule has 0 atom stereocenters. The molecule has 0 N–H and O–H groups in total. The van der Waals surface area contributed by atoms with Crippen LogP contribution in [0.5, 0.6) is 0 Å². The summed E-state index contributed by atoms with van der Waals surface area (Å²) in [7, 11) is 0. The van der Waals surface area contributed by atoms with Crippen molar-refractivity contribution in [1.82, 2.24) is 0 Å². The van der Waals surface area contributed by atoms with Crippen LogP contribution in [0.3, 0.4) is 0 Å². The summed E-state index contributed by atoms with van der Waals surface area (Å²) in [5, 5.41) is 1.78. The Labute approximate surface area is 97.8 Å². The second kappa shape index (κ2) is 8.20. The predicted molar refractivity (Wildman–Crippen MR) is 71.1 cm³/mol. The van der Waals surface area contributed by atoms with E-state index in [4.69, 9.17) is 6.42 Å². The number of terminal acetylenes is 1. The number of rotatable bonds is 2. The lowest BCUT2D eigenvalue weighted by Crippen LogP contribution is -1.80. The topological polar surface area (TPSA) is 0 Å². The van der Waals surface area contributed by atoms with Crippen LogP contribution in [0.2, 0.25) is 0 Å². The standard InChI is InChI=1S/C11H10S.C3H8/c1-4-10-8-9(3)6-7-11(10)12-5-2;1-3-2/h1,5-8H,2H2,3H3;3H2,1-2H3. The highest BCUT2D eigenvalue weighted by molar-refractivity contribution is 8.02. The van der Waals surface area contributed by atoms with Crippen molar-refractivity contribution in [2.24, 2.45) is 0 Å². The summed E-state index contributed by atoms with van der Waals surface area (Å²) in [6.45, 7) is 9.93. The maximum Gasteiger partial charge on any atom is 0.0384 e. The van der Waals surface area contributed by atoms with Gasteiger partial charge in [0.05, 0.1) is 0 Å². The molecule has 0 heterocycles. The maximum atomic E-state index is 5.35. The molecule has 0 aliphatic heterocycles. The summed E-state index contributed by atoms with van der Waals surface area (Å²) in [4.78, 5) is 1.10. The minimum absolute atomic E-state index is 0.944.